The Hall–Kier alpha value is -4.28. The van der Waals surface area contributed by atoms with Gasteiger partial charge < -0.3 is 9.84 Å². The monoisotopic (exact) mass is 545 g/mol. The van der Waals surface area contributed by atoms with Gasteiger partial charge in [0.15, 0.2) is 0 Å². The fourth-order valence-electron chi connectivity index (χ4n) is 3.80. The summed E-state index contributed by atoms with van der Waals surface area (Å²) in [5, 5.41) is 13.9. The van der Waals surface area contributed by atoms with Crippen LogP contribution in [0.5, 0.6) is 5.75 Å². The molecule has 0 unspecified atom stereocenters. The standard InChI is InChI=1S/C28H20FN3O4S2/c29-21-10-6-18(7-11-21)17-36-23-12-8-19(9-13-23)26-20(15-32(30-26)22-4-2-1-3-5-22)14-24-27(35)31(16-25(33)34)28(37)38-24/h1-15H,16-17H2,(H,33,34)/b24-14-. The molecule has 3 aromatic carbocycles. The highest BCUT2D eigenvalue weighted by molar-refractivity contribution is 8.26. The largest absolute Gasteiger partial charge is 0.489 e. The van der Waals surface area contributed by atoms with Gasteiger partial charge in [-0.05, 0) is 60.2 Å². The first-order valence-electron chi connectivity index (χ1n) is 11.5. The number of carboxylic acid groups (broad SMARTS) is 1. The summed E-state index contributed by atoms with van der Waals surface area (Å²) in [6.45, 7) is -0.191. The molecule has 1 amide bonds. The second kappa shape index (κ2) is 11.0. The first-order valence-corrected chi connectivity index (χ1v) is 12.7. The van der Waals surface area contributed by atoms with Gasteiger partial charge in [0.25, 0.3) is 5.91 Å². The highest BCUT2D eigenvalue weighted by Crippen LogP contribution is 2.35. The van der Waals surface area contributed by atoms with Crippen molar-refractivity contribution in [2.75, 3.05) is 6.54 Å². The molecule has 7 nitrogen and oxygen atoms in total. The van der Waals surface area contributed by atoms with Crippen LogP contribution in [0.3, 0.4) is 0 Å². The molecule has 5 rings (SSSR count). The SMILES string of the molecule is O=C(O)CN1C(=O)/C(=C/c2cn(-c3ccccc3)nc2-c2ccc(OCc3ccc(F)cc3)cc2)SC1=S. The first kappa shape index (κ1) is 25.4. The summed E-state index contributed by atoms with van der Waals surface area (Å²) in [5.41, 5.74) is 3.78. The highest BCUT2D eigenvalue weighted by atomic mass is 32.2. The fraction of sp³-hybridized carbons (Fsp3) is 0.0714. The number of ether oxygens (including phenoxy) is 1. The van der Waals surface area contributed by atoms with Gasteiger partial charge in [-0.2, -0.15) is 5.10 Å². The number of carboxylic acids is 1. The van der Waals surface area contributed by atoms with Gasteiger partial charge in [0.05, 0.1) is 16.3 Å². The number of thioether (sulfide) groups is 1. The van der Waals surface area contributed by atoms with Crippen molar-refractivity contribution in [2.45, 2.75) is 6.61 Å². The zero-order valence-corrected chi connectivity index (χ0v) is 21.4. The summed E-state index contributed by atoms with van der Waals surface area (Å²) >= 11 is 6.29. The Morgan fingerprint density at radius 2 is 1.76 bits per heavy atom. The molecule has 1 saturated heterocycles. The van der Waals surface area contributed by atoms with Crippen LogP contribution >= 0.6 is 24.0 Å². The zero-order valence-electron chi connectivity index (χ0n) is 19.8. The number of aromatic nitrogens is 2. The summed E-state index contributed by atoms with van der Waals surface area (Å²) in [5.74, 6) is -1.25. The van der Waals surface area contributed by atoms with Gasteiger partial charge in [0.1, 0.15) is 29.0 Å². The lowest BCUT2D eigenvalue weighted by Gasteiger charge is -2.10. The van der Waals surface area contributed by atoms with Gasteiger partial charge in [-0.25, -0.2) is 9.07 Å². The van der Waals surface area contributed by atoms with E-state index in [4.69, 9.17) is 27.2 Å². The molecule has 1 aliphatic rings. The van der Waals surface area contributed by atoms with Crippen LogP contribution in [0.1, 0.15) is 11.1 Å². The lowest BCUT2D eigenvalue weighted by Crippen LogP contribution is -2.33. The van der Waals surface area contributed by atoms with Crippen molar-refractivity contribution >= 4 is 46.3 Å². The van der Waals surface area contributed by atoms with E-state index in [0.717, 1.165) is 33.5 Å². The van der Waals surface area contributed by atoms with E-state index in [9.17, 15) is 14.0 Å². The molecule has 1 fully saturated rings. The zero-order chi connectivity index (χ0) is 26.6. The number of halogens is 1. The van der Waals surface area contributed by atoms with E-state index in [1.807, 2.05) is 60.8 Å². The molecule has 1 N–H and O–H groups in total. The summed E-state index contributed by atoms with van der Waals surface area (Å²) in [6.07, 6.45) is 3.50. The second-order valence-electron chi connectivity index (χ2n) is 8.31. The maximum atomic E-state index is 13.1. The second-order valence-corrected chi connectivity index (χ2v) is 9.99. The summed E-state index contributed by atoms with van der Waals surface area (Å²) in [7, 11) is 0. The smallest absolute Gasteiger partial charge is 0.323 e. The van der Waals surface area contributed by atoms with Gasteiger partial charge in [-0.15, -0.1) is 0 Å². The van der Waals surface area contributed by atoms with E-state index in [0.29, 0.717) is 28.5 Å². The quantitative estimate of drug-likeness (QED) is 0.230. The van der Waals surface area contributed by atoms with Crippen molar-refractivity contribution in [3.05, 3.63) is 107 Å². The number of thiocarbonyl (C=S) groups is 1. The molecule has 1 aromatic heterocycles. The molecule has 0 spiro atoms. The van der Waals surface area contributed by atoms with Crippen LogP contribution in [-0.2, 0) is 16.2 Å². The van der Waals surface area contributed by atoms with Crippen molar-refractivity contribution in [1.29, 1.82) is 0 Å². The van der Waals surface area contributed by atoms with Crippen LogP contribution in [0, 0.1) is 5.82 Å². The average molecular weight is 546 g/mol. The van der Waals surface area contributed by atoms with E-state index in [-0.39, 0.29) is 10.1 Å². The van der Waals surface area contributed by atoms with Crippen molar-refractivity contribution in [2.24, 2.45) is 0 Å². The van der Waals surface area contributed by atoms with Gasteiger partial charge >= 0.3 is 5.97 Å². The molecule has 0 aliphatic carbocycles. The number of hydrogen-bond acceptors (Lipinski definition) is 6. The Morgan fingerprint density at radius 1 is 1.05 bits per heavy atom. The number of carbonyl (C=O) groups excluding carboxylic acids is 1. The van der Waals surface area contributed by atoms with Crippen molar-refractivity contribution < 1.29 is 23.8 Å². The molecule has 0 radical (unpaired) electrons. The topological polar surface area (TPSA) is 84.7 Å². The number of benzene rings is 3. The minimum Gasteiger partial charge on any atom is -0.489 e. The van der Waals surface area contributed by atoms with Crippen LogP contribution in [-0.4, -0.2) is 42.5 Å². The van der Waals surface area contributed by atoms with Crippen molar-refractivity contribution in [3.63, 3.8) is 0 Å². The number of amides is 1. The minimum atomic E-state index is -1.14. The number of hydrogen-bond donors (Lipinski definition) is 1. The number of rotatable bonds is 8. The van der Waals surface area contributed by atoms with E-state index < -0.39 is 18.4 Å². The van der Waals surface area contributed by atoms with Crippen LogP contribution in [0.4, 0.5) is 4.39 Å². The molecule has 38 heavy (non-hydrogen) atoms. The normalized spacial score (nSPS) is 14.3. The lowest BCUT2D eigenvalue weighted by molar-refractivity contribution is -0.140. The van der Waals surface area contributed by atoms with Gasteiger partial charge in [-0.3, -0.25) is 14.5 Å². The summed E-state index contributed by atoms with van der Waals surface area (Å²) in [4.78, 5) is 25.4. The van der Waals surface area contributed by atoms with Crippen LogP contribution in [0.2, 0.25) is 0 Å². The van der Waals surface area contributed by atoms with E-state index in [2.05, 4.69) is 0 Å². The van der Waals surface area contributed by atoms with Gasteiger partial charge in [0.2, 0.25) is 0 Å². The minimum absolute atomic E-state index is 0.198. The van der Waals surface area contributed by atoms with Crippen LogP contribution in [0.25, 0.3) is 23.0 Å². The first-order chi connectivity index (χ1) is 18.4. The maximum Gasteiger partial charge on any atom is 0.323 e. The molecule has 10 heteroatoms. The predicted octanol–water partition coefficient (Wildman–Crippen LogP) is 5.54. The van der Waals surface area contributed by atoms with Crippen LogP contribution < -0.4 is 4.74 Å². The fourth-order valence-corrected chi connectivity index (χ4v) is 5.05. The van der Waals surface area contributed by atoms with Crippen molar-refractivity contribution in [3.8, 4) is 22.7 Å². The molecule has 0 atom stereocenters. The third kappa shape index (κ3) is 5.66. The molecular weight excluding hydrogens is 525 g/mol. The Morgan fingerprint density at radius 3 is 2.45 bits per heavy atom. The van der Waals surface area contributed by atoms with Crippen LogP contribution in [0.15, 0.2) is 90.0 Å². The summed E-state index contributed by atoms with van der Waals surface area (Å²) < 4.78 is 20.9. The van der Waals surface area contributed by atoms with Gasteiger partial charge in [0, 0.05) is 17.3 Å². The Labute approximate surface area is 227 Å². The predicted molar refractivity (Wildman–Crippen MR) is 147 cm³/mol. The molecule has 2 heterocycles. The van der Waals surface area contributed by atoms with E-state index in [1.165, 1.54) is 12.1 Å². The van der Waals surface area contributed by atoms with Crippen molar-refractivity contribution in [1.82, 2.24) is 14.7 Å². The Bertz CT molecular complexity index is 1530. The third-order valence-corrected chi connectivity index (χ3v) is 7.04. The Balaban J connectivity index is 1.44. The Kier molecular flexibility index (Phi) is 7.34. The molecule has 190 valence electrons. The molecule has 0 saturated carbocycles. The maximum absolute atomic E-state index is 13.1. The number of para-hydroxylation sites is 1. The van der Waals surface area contributed by atoms with E-state index >= 15 is 0 Å². The molecular formula is C28H20FN3O4S2. The molecule has 0 bridgehead atoms. The average Bonchev–Trinajstić information content (AvgIpc) is 3.45. The lowest BCUT2D eigenvalue weighted by atomic mass is 10.1. The number of aliphatic carboxylic acids is 1. The molecule has 4 aromatic rings. The number of carbonyl (C=O) groups is 2. The van der Waals surface area contributed by atoms with Gasteiger partial charge in [-0.1, -0.05) is 54.3 Å². The van der Waals surface area contributed by atoms with E-state index in [1.54, 1.807) is 22.9 Å². The highest BCUT2D eigenvalue weighted by Gasteiger charge is 2.33. The number of nitrogens with zero attached hydrogens (tertiary/aromatic N) is 3. The molecule has 1 aliphatic heterocycles. The third-order valence-electron chi connectivity index (χ3n) is 5.66. The summed E-state index contributed by atoms with van der Waals surface area (Å²) in [6, 6.07) is 23.0.